The van der Waals surface area contributed by atoms with Gasteiger partial charge in [-0.25, -0.2) is 0 Å². The molecule has 2 atom stereocenters. The quantitative estimate of drug-likeness (QED) is 0.719. The average Bonchev–Trinajstić information content (AvgIpc) is 2.75. The van der Waals surface area contributed by atoms with Crippen molar-refractivity contribution < 1.29 is 4.79 Å². The Hall–Kier alpha value is -0.610. The van der Waals surface area contributed by atoms with Gasteiger partial charge in [0.2, 0.25) is 5.91 Å². The van der Waals surface area contributed by atoms with Crippen molar-refractivity contribution in [1.29, 1.82) is 0 Å². The van der Waals surface area contributed by atoms with Crippen LogP contribution in [-0.2, 0) is 4.79 Å². The molecular formula is C14H29N3O. The van der Waals surface area contributed by atoms with Crippen LogP contribution >= 0.6 is 0 Å². The molecule has 1 saturated heterocycles. The fourth-order valence-electron chi connectivity index (χ4n) is 2.53. The van der Waals surface area contributed by atoms with Crippen LogP contribution in [0.4, 0.5) is 0 Å². The van der Waals surface area contributed by atoms with Gasteiger partial charge in [-0.3, -0.25) is 4.79 Å². The maximum absolute atomic E-state index is 11.7. The summed E-state index contributed by atoms with van der Waals surface area (Å²) in [6.07, 6.45) is 1.79. The second kappa shape index (κ2) is 7.74. The Kier molecular flexibility index (Phi) is 6.65. The Bertz CT molecular complexity index is 255. The van der Waals surface area contributed by atoms with Gasteiger partial charge in [-0.05, 0) is 46.2 Å². The first-order valence-corrected chi connectivity index (χ1v) is 7.27. The van der Waals surface area contributed by atoms with Gasteiger partial charge in [0.05, 0.1) is 0 Å². The van der Waals surface area contributed by atoms with Crippen molar-refractivity contribution >= 4 is 5.91 Å². The van der Waals surface area contributed by atoms with Crippen molar-refractivity contribution in [3.8, 4) is 0 Å². The lowest BCUT2D eigenvalue weighted by Gasteiger charge is -2.20. The molecule has 2 unspecified atom stereocenters. The highest BCUT2D eigenvalue weighted by atomic mass is 16.1. The summed E-state index contributed by atoms with van der Waals surface area (Å²) >= 11 is 0. The van der Waals surface area contributed by atoms with Crippen LogP contribution in [0.25, 0.3) is 0 Å². The molecule has 0 saturated carbocycles. The van der Waals surface area contributed by atoms with Crippen LogP contribution in [0.5, 0.6) is 0 Å². The summed E-state index contributed by atoms with van der Waals surface area (Å²) in [6, 6.07) is 0.894. The first-order chi connectivity index (χ1) is 8.52. The zero-order valence-electron chi connectivity index (χ0n) is 12.3. The van der Waals surface area contributed by atoms with Crippen LogP contribution in [0.1, 0.15) is 40.5 Å². The molecule has 0 spiro atoms. The maximum atomic E-state index is 11.7. The third kappa shape index (κ3) is 5.36. The van der Waals surface area contributed by atoms with Gasteiger partial charge in [0, 0.05) is 31.6 Å². The number of hydrogen-bond acceptors (Lipinski definition) is 3. The summed E-state index contributed by atoms with van der Waals surface area (Å²) in [4.78, 5) is 14.2. The van der Waals surface area contributed by atoms with Crippen molar-refractivity contribution in [2.45, 2.75) is 52.6 Å². The summed E-state index contributed by atoms with van der Waals surface area (Å²) in [5.41, 5.74) is 0. The van der Waals surface area contributed by atoms with Gasteiger partial charge in [0.1, 0.15) is 0 Å². The molecule has 0 aromatic carbocycles. The summed E-state index contributed by atoms with van der Waals surface area (Å²) in [5, 5.41) is 6.33. The van der Waals surface area contributed by atoms with Crippen molar-refractivity contribution in [3.63, 3.8) is 0 Å². The van der Waals surface area contributed by atoms with E-state index in [1.54, 1.807) is 0 Å². The number of hydrogen-bond donors (Lipinski definition) is 2. The minimum atomic E-state index is 0.173. The lowest BCUT2D eigenvalue weighted by atomic mass is 10.1. The average molecular weight is 255 g/mol. The molecule has 4 heteroatoms. The zero-order valence-corrected chi connectivity index (χ0v) is 12.3. The molecule has 106 valence electrons. The molecule has 0 aromatic rings. The predicted molar refractivity (Wildman–Crippen MR) is 75.6 cm³/mol. The first-order valence-electron chi connectivity index (χ1n) is 7.27. The van der Waals surface area contributed by atoms with Crippen LogP contribution in [0.15, 0.2) is 0 Å². The van der Waals surface area contributed by atoms with Crippen molar-refractivity contribution in [3.05, 3.63) is 0 Å². The smallest absolute Gasteiger partial charge is 0.221 e. The summed E-state index contributed by atoms with van der Waals surface area (Å²) < 4.78 is 0. The van der Waals surface area contributed by atoms with Crippen molar-refractivity contribution in [2.75, 3.05) is 26.2 Å². The third-order valence-electron chi connectivity index (χ3n) is 3.68. The van der Waals surface area contributed by atoms with E-state index in [0.29, 0.717) is 18.4 Å². The number of nitrogens with zero attached hydrogens (tertiary/aromatic N) is 1. The minimum absolute atomic E-state index is 0.173. The van der Waals surface area contributed by atoms with Gasteiger partial charge in [-0.2, -0.15) is 0 Å². The third-order valence-corrected chi connectivity index (χ3v) is 3.68. The number of likely N-dealkylation sites (tertiary alicyclic amines) is 1. The van der Waals surface area contributed by atoms with E-state index in [2.05, 4.69) is 43.2 Å². The lowest BCUT2D eigenvalue weighted by Crippen LogP contribution is -2.36. The van der Waals surface area contributed by atoms with E-state index in [-0.39, 0.29) is 11.9 Å². The van der Waals surface area contributed by atoms with Crippen LogP contribution in [0, 0.1) is 5.92 Å². The van der Waals surface area contributed by atoms with Gasteiger partial charge in [0.15, 0.2) is 0 Å². The number of carbonyl (C=O) groups excluding carboxylic acids is 1. The van der Waals surface area contributed by atoms with Gasteiger partial charge in [0.25, 0.3) is 0 Å². The predicted octanol–water partition coefficient (Wildman–Crippen LogP) is 1.22. The zero-order chi connectivity index (χ0) is 13.5. The highest BCUT2D eigenvalue weighted by molar-refractivity contribution is 5.76. The fraction of sp³-hybridized carbons (Fsp3) is 0.929. The van der Waals surface area contributed by atoms with E-state index >= 15 is 0 Å². The Morgan fingerprint density at radius 2 is 2.11 bits per heavy atom. The minimum Gasteiger partial charge on any atom is -0.356 e. The van der Waals surface area contributed by atoms with E-state index in [1.807, 2.05) is 0 Å². The molecule has 1 aliphatic rings. The van der Waals surface area contributed by atoms with E-state index in [9.17, 15) is 4.79 Å². The fourth-order valence-corrected chi connectivity index (χ4v) is 2.53. The topological polar surface area (TPSA) is 44.4 Å². The molecule has 1 amide bonds. The van der Waals surface area contributed by atoms with Gasteiger partial charge in [-0.15, -0.1) is 0 Å². The molecule has 1 rings (SSSR count). The number of amides is 1. The van der Waals surface area contributed by atoms with E-state index in [4.69, 9.17) is 0 Å². The molecule has 0 aromatic heterocycles. The maximum Gasteiger partial charge on any atom is 0.221 e. The molecule has 0 radical (unpaired) electrons. The summed E-state index contributed by atoms with van der Waals surface area (Å²) in [6.45, 7) is 12.6. The molecule has 1 aliphatic heterocycles. The van der Waals surface area contributed by atoms with Crippen molar-refractivity contribution in [1.82, 2.24) is 15.5 Å². The number of rotatable bonds is 7. The lowest BCUT2D eigenvalue weighted by molar-refractivity contribution is -0.121. The molecule has 2 N–H and O–H groups in total. The van der Waals surface area contributed by atoms with Crippen LogP contribution in [-0.4, -0.2) is 49.1 Å². The largest absolute Gasteiger partial charge is 0.356 e. The number of nitrogens with one attached hydrogen (secondary N) is 2. The van der Waals surface area contributed by atoms with E-state index < -0.39 is 0 Å². The second-order valence-electron chi connectivity index (χ2n) is 5.71. The Morgan fingerprint density at radius 1 is 1.39 bits per heavy atom. The molecule has 1 heterocycles. The summed E-state index contributed by atoms with van der Waals surface area (Å²) in [5.74, 6) is 0.803. The van der Waals surface area contributed by atoms with Crippen LogP contribution in [0.2, 0.25) is 0 Å². The first kappa shape index (κ1) is 15.4. The van der Waals surface area contributed by atoms with E-state index in [0.717, 1.165) is 19.6 Å². The molecule has 0 bridgehead atoms. The molecule has 4 nitrogen and oxygen atoms in total. The molecule has 1 fully saturated rings. The van der Waals surface area contributed by atoms with Crippen molar-refractivity contribution in [2.24, 2.45) is 5.92 Å². The monoisotopic (exact) mass is 255 g/mol. The van der Waals surface area contributed by atoms with Gasteiger partial charge in [-0.1, -0.05) is 6.92 Å². The molecule has 18 heavy (non-hydrogen) atoms. The van der Waals surface area contributed by atoms with Gasteiger partial charge >= 0.3 is 0 Å². The second-order valence-corrected chi connectivity index (χ2v) is 5.71. The normalized spacial score (nSPS) is 22.4. The van der Waals surface area contributed by atoms with E-state index in [1.165, 1.54) is 13.0 Å². The highest BCUT2D eigenvalue weighted by Crippen LogP contribution is 2.17. The van der Waals surface area contributed by atoms with Gasteiger partial charge < -0.3 is 15.5 Å². The standard InChI is InChI=1S/C14H29N3O/c1-5-15-12(4)8-14(18)16-9-13-6-7-17(10-13)11(2)3/h11-13,15H,5-10H2,1-4H3,(H,16,18). The van der Waals surface area contributed by atoms with Crippen LogP contribution in [0.3, 0.4) is 0 Å². The molecule has 0 aliphatic carbocycles. The Labute approximate surface area is 111 Å². The Morgan fingerprint density at radius 3 is 2.67 bits per heavy atom. The SMILES string of the molecule is CCNC(C)CC(=O)NCC1CCN(C(C)C)C1. The summed E-state index contributed by atoms with van der Waals surface area (Å²) in [7, 11) is 0. The highest BCUT2D eigenvalue weighted by Gasteiger charge is 2.24. The Balaban J connectivity index is 2.16. The van der Waals surface area contributed by atoms with Crippen LogP contribution < -0.4 is 10.6 Å². The molecular weight excluding hydrogens is 226 g/mol. The number of carbonyl (C=O) groups is 1.